The van der Waals surface area contributed by atoms with Crippen LogP contribution in [0.3, 0.4) is 0 Å². The number of para-hydroxylation sites is 1. The number of nitrogens with zero attached hydrogens (tertiary/aromatic N) is 1. The summed E-state index contributed by atoms with van der Waals surface area (Å²) < 4.78 is 0. The SMILES string of the molecule is Cc1ccc2cc(C(=O)N(c3ccccc3)C(C)C)[nH]c2c1. The zero-order valence-corrected chi connectivity index (χ0v) is 13.1. The Hall–Kier alpha value is -2.55. The highest BCUT2D eigenvalue weighted by molar-refractivity contribution is 6.07. The molecule has 0 radical (unpaired) electrons. The molecule has 1 aromatic heterocycles. The molecule has 0 atom stereocenters. The normalized spacial score (nSPS) is 11.1. The van der Waals surface area contributed by atoms with Gasteiger partial charge < -0.3 is 9.88 Å². The lowest BCUT2D eigenvalue weighted by Gasteiger charge is -2.26. The number of aromatic nitrogens is 1. The smallest absolute Gasteiger partial charge is 0.274 e. The molecule has 3 heteroatoms. The number of carbonyl (C=O) groups excluding carboxylic acids is 1. The van der Waals surface area contributed by atoms with Crippen LogP contribution < -0.4 is 4.90 Å². The van der Waals surface area contributed by atoms with E-state index < -0.39 is 0 Å². The van der Waals surface area contributed by atoms with E-state index in [0.717, 1.165) is 16.6 Å². The molecule has 0 saturated carbocycles. The quantitative estimate of drug-likeness (QED) is 0.756. The number of benzene rings is 2. The predicted molar refractivity (Wildman–Crippen MR) is 91.4 cm³/mol. The maximum absolute atomic E-state index is 12.9. The van der Waals surface area contributed by atoms with Crippen LogP contribution in [0.25, 0.3) is 10.9 Å². The number of hydrogen-bond donors (Lipinski definition) is 1. The summed E-state index contributed by atoms with van der Waals surface area (Å²) in [7, 11) is 0. The van der Waals surface area contributed by atoms with E-state index >= 15 is 0 Å². The molecule has 0 spiro atoms. The van der Waals surface area contributed by atoms with E-state index in [0.29, 0.717) is 5.69 Å². The molecule has 1 amide bonds. The second-order valence-electron chi connectivity index (χ2n) is 5.88. The molecule has 1 N–H and O–H groups in total. The summed E-state index contributed by atoms with van der Waals surface area (Å²) >= 11 is 0. The van der Waals surface area contributed by atoms with E-state index in [-0.39, 0.29) is 11.9 Å². The summed E-state index contributed by atoms with van der Waals surface area (Å²) in [5.41, 5.74) is 3.72. The number of amides is 1. The van der Waals surface area contributed by atoms with Gasteiger partial charge in [0.15, 0.2) is 0 Å². The number of hydrogen-bond acceptors (Lipinski definition) is 1. The standard InChI is InChI=1S/C19H20N2O/c1-13(2)21(16-7-5-4-6-8-16)19(22)18-12-15-10-9-14(3)11-17(15)20-18/h4-13,20H,1-3H3. The minimum atomic E-state index is -0.00458. The third-order valence-corrected chi connectivity index (χ3v) is 3.78. The lowest BCUT2D eigenvalue weighted by molar-refractivity contribution is 0.0976. The van der Waals surface area contributed by atoms with Crippen LogP contribution in [0.2, 0.25) is 0 Å². The molecule has 0 aliphatic carbocycles. The molecular weight excluding hydrogens is 272 g/mol. The maximum Gasteiger partial charge on any atom is 0.274 e. The van der Waals surface area contributed by atoms with Crippen molar-refractivity contribution < 1.29 is 4.79 Å². The van der Waals surface area contributed by atoms with Gasteiger partial charge in [0.05, 0.1) is 0 Å². The molecule has 0 aliphatic heterocycles. The Kier molecular flexibility index (Phi) is 3.72. The van der Waals surface area contributed by atoms with Gasteiger partial charge in [-0.25, -0.2) is 0 Å². The van der Waals surface area contributed by atoms with Gasteiger partial charge in [0, 0.05) is 22.6 Å². The molecule has 1 heterocycles. The lowest BCUT2D eigenvalue weighted by atomic mass is 10.2. The number of nitrogens with one attached hydrogen (secondary N) is 1. The first-order valence-electron chi connectivity index (χ1n) is 7.54. The molecule has 0 saturated heterocycles. The zero-order chi connectivity index (χ0) is 15.7. The second-order valence-corrected chi connectivity index (χ2v) is 5.88. The monoisotopic (exact) mass is 292 g/mol. The average Bonchev–Trinajstić information content (AvgIpc) is 2.91. The van der Waals surface area contributed by atoms with Crippen molar-refractivity contribution in [3.05, 3.63) is 65.9 Å². The van der Waals surface area contributed by atoms with Crippen molar-refractivity contribution in [2.45, 2.75) is 26.8 Å². The van der Waals surface area contributed by atoms with Crippen LogP contribution in [-0.4, -0.2) is 16.9 Å². The van der Waals surface area contributed by atoms with E-state index in [1.54, 1.807) is 0 Å². The molecule has 3 rings (SSSR count). The highest BCUT2D eigenvalue weighted by Crippen LogP contribution is 2.22. The topological polar surface area (TPSA) is 36.1 Å². The van der Waals surface area contributed by atoms with Crippen LogP contribution in [0.5, 0.6) is 0 Å². The van der Waals surface area contributed by atoms with Gasteiger partial charge in [-0.1, -0.05) is 30.3 Å². The van der Waals surface area contributed by atoms with Gasteiger partial charge in [-0.2, -0.15) is 0 Å². The Morgan fingerprint density at radius 1 is 1.05 bits per heavy atom. The number of fused-ring (bicyclic) bond motifs is 1. The Labute approximate surface area is 130 Å². The number of aromatic amines is 1. The summed E-state index contributed by atoms with van der Waals surface area (Å²) in [5.74, 6) is -0.00458. The third kappa shape index (κ3) is 2.62. The Bertz CT molecular complexity index is 803. The van der Waals surface area contributed by atoms with Crippen molar-refractivity contribution >= 4 is 22.5 Å². The highest BCUT2D eigenvalue weighted by Gasteiger charge is 2.22. The molecule has 2 aromatic carbocycles. The van der Waals surface area contributed by atoms with Gasteiger partial charge in [-0.05, 0) is 50.6 Å². The van der Waals surface area contributed by atoms with Crippen molar-refractivity contribution in [3.63, 3.8) is 0 Å². The van der Waals surface area contributed by atoms with E-state index in [1.165, 1.54) is 5.56 Å². The van der Waals surface area contributed by atoms with Crippen molar-refractivity contribution in [2.24, 2.45) is 0 Å². The first kappa shape index (κ1) is 14.4. The molecule has 0 fully saturated rings. The first-order valence-corrected chi connectivity index (χ1v) is 7.54. The van der Waals surface area contributed by atoms with Crippen molar-refractivity contribution in [3.8, 4) is 0 Å². The van der Waals surface area contributed by atoms with Crippen molar-refractivity contribution in [1.29, 1.82) is 0 Å². The van der Waals surface area contributed by atoms with E-state index in [9.17, 15) is 4.79 Å². The van der Waals surface area contributed by atoms with Crippen LogP contribution in [0.4, 0.5) is 5.69 Å². The molecule has 3 aromatic rings. The number of rotatable bonds is 3. The van der Waals surface area contributed by atoms with Crippen LogP contribution in [0, 0.1) is 6.92 Å². The molecule has 0 bridgehead atoms. The third-order valence-electron chi connectivity index (χ3n) is 3.78. The van der Waals surface area contributed by atoms with Crippen molar-refractivity contribution in [2.75, 3.05) is 4.90 Å². The van der Waals surface area contributed by atoms with Crippen molar-refractivity contribution in [1.82, 2.24) is 4.98 Å². The molecule has 112 valence electrons. The Morgan fingerprint density at radius 3 is 2.45 bits per heavy atom. The minimum Gasteiger partial charge on any atom is -0.351 e. The minimum absolute atomic E-state index is 0.00458. The molecule has 3 nitrogen and oxygen atoms in total. The van der Waals surface area contributed by atoms with Gasteiger partial charge in [-0.15, -0.1) is 0 Å². The Balaban J connectivity index is 2.02. The summed E-state index contributed by atoms with van der Waals surface area (Å²) in [5, 5.41) is 1.06. The first-order chi connectivity index (χ1) is 10.6. The maximum atomic E-state index is 12.9. The summed E-state index contributed by atoms with van der Waals surface area (Å²) in [6.45, 7) is 6.10. The highest BCUT2D eigenvalue weighted by atomic mass is 16.2. The summed E-state index contributed by atoms with van der Waals surface area (Å²) in [4.78, 5) is 18.0. The number of aryl methyl sites for hydroxylation is 1. The molecular formula is C19H20N2O. The second kappa shape index (κ2) is 5.68. The number of carbonyl (C=O) groups is 1. The van der Waals surface area contributed by atoms with Gasteiger partial charge >= 0.3 is 0 Å². The number of anilines is 1. The average molecular weight is 292 g/mol. The van der Waals surface area contributed by atoms with Gasteiger partial charge in [0.2, 0.25) is 0 Å². The fraction of sp³-hybridized carbons (Fsp3) is 0.211. The van der Waals surface area contributed by atoms with Gasteiger partial charge in [0.1, 0.15) is 5.69 Å². The molecule has 0 aliphatic rings. The lowest BCUT2D eigenvalue weighted by Crippen LogP contribution is -2.37. The summed E-state index contributed by atoms with van der Waals surface area (Å²) in [6, 6.07) is 18.0. The Morgan fingerprint density at radius 2 is 1.77 bits per heavy atom. The largest absolute Gasteiger partial charge is 0.351 e. The summed E-state index contributed by atoms with van der Waals surface area (Å²) in [6.07, 6.45) is 0. The van der Waals surface area contributed by atoms with Crippen LogP contribution in [0.15, 0.2) is 54.6 Å². The zero-order valence-electron chi connectivity index (χ0n) is 13.1. The number of H-pyrrole nitrogens is 1. The van der Waals surface area contributed by atoms with E-state index in [2.05, 4.69) is 17.1 Å². The van der Waals surface area contributed by atoms with E-state index in [1.807, 2.05) is 68.1 Å². The fourth-order valence-corrected chi connectivity index (χ4v) is 2.72. The van der Waals surface area contributed by atoms with Crippen LogP contribution in [0.1, 0.15) is 29.9 Å². The van der Waals surface area contributed by atoms with Crippen LogP contribution in [-0.2, 0) is 0 Å². The van der Waals surface area contributed by atoms with Gasteiger partial charge in [0.25, 0.3) is 5.91 Å². The van der Waals surface area contributed by atoms with Gasteiger partial charge in [-0.3, -0.25) is 4.79 Å². The van der Waals surface area contributed by atoms with E-state index in [4.69, 9.17) is 0 Å². The van der Waals surface area contributed by atoms with Crippen LogP contribution >= 0.6 is 0 Å². The molecule has 22 heavy (non-hydrogen) atoms. The predicted octanol–water partition coefficient (Wildman–Crippen LogP) is 4.53. The molecule has 0 unspecified atom stereocenters. The fourth-order valence-electron chi connectivity index (χ4n) is 2.72.